The van der Waals surface area contributed by atoms with E-state index >= 15 is 0 Å². The van der Waals surface area contributed by atoms with Gasteiger partial charge in [-0.05, 0) is 31.7 Å². The Bertz CT molecular complexity index is 693. The number of benzene rings is 1. The van der Waals surface area contributed by atoms with Crippen molar-refractivity contribution in [3.05, 3.63) is 35.6 Å². The summed E-state index contributed by atoms with van der Waals surface area (Å²) in [7, 11) is 0. The van der Waals surface area contributed by atoms with Gasteiger partial charge in [0.2, 0.25) is 5.91 Å². The highest BCUT2D eigenvalue weighted by Gasteiger charge is 2.46. The molecule has 5 heteroatoms. The van der Waals surface area contributed by atoms with Crippen molar-refractivity contribution in [2.24, 2.45) is 0 Å². The maximum absolute atomic E-state index is 14.7. The van der Waals surface area contributed by atoms with Crippen molar-refractivity contribution in [3.63, 3.8) is 0 Å². The van der Waals surface area contributed by atoms with Crippen molar-refractivity contribution in [2.45, 2.75) is 82.3 Å². The molecule has 4 rings (SSSR count). The fourth-order valence-corrected chi connectivity index (χ4v) is 5.18. The smallest absolute Gasteiger partial charge is 0.250 e. The van der Waals surface area contributed by atoms with Crippen LogP contribution < -0.4 is 0 Å². The Morgan fingerprint density at radius 3 is 2.07 bits per heavy atom. The molecule has 1 aliphatic heterocycles. The first kappa shape index (κ1) is 18.5. The molecule has 0 radical (unpaired) electrons. The van der Waals surface area contributed by atoms with Crippen molar-refractivity contribution in [3.8, 4) is 0 Å². The fraction of sp³-hybridized carbons (Fsp3) is 0.636. The van der Waals surface area contributed by atoms with Crippen LogP contribution in [0.4, 0.5) is 4.39 Å². The van der Waals surface area contributed by atoms with Crippen LogP contribution in [0.5, 0.6) is 0 Å². The molecule has 1 saturated heterocycles. The summed E-state index contributed by atoms with van der Waals surface area (Å²) in [5.41, 5.74) is 0.348. The lowest BCUT2D eigenvalue weighted by Crippen LogP contribution is -2.60. The Kier molecular flexibility index (Phi) is 5.46. The number of carbonyl (C=O) groups excluding carboxylic acids is 2. The average Bonchev–Trinajstić information content (AvgIpc) is 3.05. The van der Waals surface area contributed by atoms with Gasteiger partial charge in [-0.1, -0.05) is 56.7 Å². The zero-order chi connectivity index (χ0) is 18.8. The van der Waals surface area contributed by atoms with Gasteiger partial charge in [0.1, 0.15) is 18.4 Å². The van der Waals surface area contributed by atoms with Crippen LogP contribution >= 0.6 is 0 Å². The predicted molar refractivity (Wildman–Crippen MR) is 101 cm³/mol. The molecule has 2 aliphatic carbocycles. The first-order chi connectivity index (χ1) is 13.2. The number of hydrogen-bond acceptors (Lipinski definition) is 2. The second-order valence-electron chi connectivity index (χ2n) is 8.27. The first-order valence-corrected chi connectivity index (χ1v) is 10.5. The summed E-state index contributed by atoms with van der Waals surface area (Å²) in [6.07, 6.45) is 10.4. The molecule has 146 valence electrons. The molecule has 2 saturated carbocycles. The molecule has 0 bridgehead atoms. The lowest BCUT2D eigenvalue weighted by molar-refractivity contribution is -0.161. The molecule has 0 spiro atoms. The zero-order valence-electron chi connectivity index (χ0n) is 15.9. The summed E-state index contributed by atoms with van der Waals surface area (Å²) >= 11 is 0. The van der Waals surface area contributed by atoms with Crippen LogP contribution in [-0.4, -0.2) is 40.2 Å². The molecular weight excluding hydrogens is 343 g/mol. The van der Waals surface area contributed by atoms with E-state index in [9.17, 15) is 14.0 Å². The standard InChI is InChI=1S/C22H29FN2O2/c23-19-14-8-7-13-18(19)21-22(27)24(16-9-3-1-2-4-10-16)15-20(26)25(21)17-11-5-6-12-17/h7-8,13-14,16-17,21H,1-6,9-12,15H2/t21-/m1/s1. The van der Waals surface area contributed by atoms with Crippen molar-refractivity contribution in [1.29, 1.82) is 0 Å². The number of halogens is 1. The molecule has 1 aromatic carbocycles. The molecule has 0 unspecified atom stereocenters. The van der Waals surface area contributed by atoms with E-state index in [0.717, 1.165) is 51.4 Å². The topological polar surface area (TPSA) is 40.6 Å². The van der Waals surface area contributed by atoms with Gasteiger partial charge in [0.25, 0.3) is 5.91 Å². The number of rotatable bonds is 3. The van der Waals surface area contributed by atoms with E-state index in [0.29, 0.717) is 5.56 Å². The number of piperazine rings is 1. The van der Waals surface area contributed by atoms with E-state index in [-0.39, 0.29) is 30.4 Å². The number of hydrogen-bond donors (Lipinski definition) is 0. The highest BCUT2D eigenvalue weighted by Crippen LogP contribution is 2.37. The SMILES string of the molecule is O=C1[C@@H](c2ccccc2F)N(C2CCCC2)C(=O)CN1C1CCCCCC1. The summed E-state index contributed by atoms with van der Waals surface area (Å²) in [6, 6.07) is 5.82. The molecule has 1 aromatic rings. The molecule has 3 aliphatic rings. The summed E-state index contributed by atoms with van der Waals surface area (Å²) in [6.45, 7) is 0.158. The minimum absolute atomic E-state index is 0.0148. The lowest BCUT2D eigenvalue weighted by atomic mass is 9.95. The van der Waals surface area contributed by atoms with E-state index in [1.807, 2.05) is 0 Å². The van der Waals surface area contributed by atoms with E-state index in [1.54, 1.807) is 28.0 Å². The summed E-state index contributed by atoms with van der Waals surface area (Å²) in [5, 5.41) is 0. The van der Waals surface area contributed by atoms with Crippen LogP contribution in [0.2, 0.25) is 0 Å². The second-order valence-corrected chi connectivity index (χ2v) is 8.27. The summed E-state index contributed by atoms with van der Waals surface area (Å²) < 4.78 is 14.7. The average molecular weight is 372 g/mol. The normalized spacial score (nSPS) is 25.9. The van der Waals surface area contributed by atoms with Gasteiger partial charge in [0, 0.05) is 17.6 Å². The van der Waals surface area contributed by atoms with Crippen molar-refractivity contribution < 1.29 is 14.0 Å². The molecule has 2 amide bonds. The molecule has 0 N–H and O–H groups in total. The third-order valence-electron chi connectivity index (χ3n) is 6.57. The number of amides is 2. The molecule has 0 aromatic heterocycles. The van der Waals surface area contributed by atoms with Crippen LogP contribution in [0.15, 0.2) is 24.3 Å². The van der Waals surface area contributed by atoms with Gasteiger partial charge in [0.05, 0.1) is 0 Å². The number of carbonyl (C=O) groups is 2. The number of nitrogens with zero attached hydrogens (tertiary/aromatic N) is 2. The molecule has 1 atom stereocenters. The second kappa shape index (κ2) is 7.99. The van der Waals surface area contributed by atoms with Crippen molar-refractivity contribution in [2.75, 3.05) is 6.54 Å². The largest absolute Gasteiger partial charge is 0.328 e. The van der Waals surface area contributed by atoms with Gasteiger partial charge in [-0.25, -0.2) is 4.39 Å². The van der Waals surface area contributed by atoms with Crippen LogP contribution in [-0.2, 0) is 9.59 Å². The molecule has 3 fully saturated rings. The van der Waals surface area contributed by atoms with Gasteiger partial charge in [-0.2, -0.15) is 0 Å². The van der Waals surface area contributed by atoms with Gasteiger partial charge < -0.3 is 9.80 Å². The van der Waals surface area contributed by atoms with E-state index in [2.05, 4.69) is 0 Å². The van der Waals surface area contributed by atoms with Crippen LogP contribution in [0, 0.1) is 5.82 Å². The lowest BCUT2D eigenvalue weighted by Gasteiger charge is -2.46. The van der Waals surface area contributed by atoms with Gasteiger partial charge in [-0.15, -0.1) is 0 Å². The Labute approximate surface area is 160 Å². The Morgan fingerprint density at radius 1 is 0.815 bits per heavy atom. The van der Waals surface area contributed by atoms with Gasteiger partial charge in [-0.3, -0.25) is 9.59 Å². The van der Waals surface area contributed by atoms with Crippen LogP contribution in [0.25, 0.3) is 0 Å². The maximum Gasteiger partial charge on any atom is 0.250 e. The predicted octanol–water partition coefficient (Wildman–Crippen LogP) is 4.20. The fourth-order valence-electron chi connectivity index (χ4n) is 5.18. The Balaban J connectivity index is 1.69. The third kappa shape index (κ3) is 3.61. The summed E-state index contributed by atoms with van der Waals surface area (Å²) in [4.78, 5) is 30.2. The third-order valence-corrected chi connectivity index (χ3v) is 6.57. The monoisotopic (exact) mass is 372 g/mol. The molecular formula is C22H29FN2O2. The van der Waals surface area contributed by atoms with E-state index < -0.39 is 11.9 Å². The van der Waals surface area contributed by atoms with Gasteiger partial charge >= 0.3 is 0 Å². The molecule has 4 nitrogen and oxygen atoms in total. The molecule has 1 heterocycles. The highest BCUT2D eigenvalue weighted by atomic mass is 19.1. The minimum atomic E-state index is -0.807. The Morgan fingerprint density at radius 2 is 1.41 bits per heavy atom. The maximum atomic E-state index is 14.7. The first-order valence-electron chi connectivity index (χ1n) is 10.5. The van der Waals surface area contributed by atoms with Crippen molar-refractivity contribution >= 4 is 11.8 Å². The van der Waals surface area contributed by atoms with Crippen molar-refractivity contribution in [1.82, 2.24) is 9.80 Å². The van der Waals surface area contributed by atoms with Crippen LogP contribution in [0.3, 0.4) is 0 Å². The summed E-state index contributed by atoms with van der Waals surface area (Å²) in [5.74, 6) is -0.494. The van der Waals surface area contributed by atoms with E-state index in [4.69, 9.17) is 0 Å². The quantitative estimate of drug-likeness (QED) is 0.746. The van der Waals surface area contributed by atoms with Crippen LogP contribution in [0.1, 0.15) is 75.8 Å². The minimum Gasteiger partial charge on any atom is -0.328 e. The molecule has 27 heavy (non-hydrogen) atoms. The Hall–Kier alpha value is -1.91. The zero-order valence-corrected chi connectivity index (χ0v) is 15.9. The highest BCUT2D eigenvalue weighted by molar-refractivity contribution is 5.96. The van der Waals surface area contributed by atoms with Gasteiger partial charge in [0.15, 0.2) is 0 Å². The van der Waals surface area contributed by atoms with E-state index in [1.165, 1.54) is 18.9 Å².